The van der Waals surface area contributed by atoms with Gasteiger partial charge in [-0.25, -0.2) is 9.97 Å². The predicted octanol–water partition coefficient (Wildman–Crippen LogP) is 1.53. The minimum absolute atomic E-state index is 0.592. The van der Waals surface area contributed by atoms with Gasteiger partial charge in [-0.15, -0.1) is 0 Å². The van der Waals surface area contributed by atoms with Crippen molar-refractivity contribution in [1.29, 1.82) is 0 Å². The van der Waals surface area contributed by atoms with E-state index in [2.05, 4.69) is 25.7 Å². The maximum absolute atomic E-state index is 4.19. The van der Waals surface area contributed by atoms with Crippen molar-refractivity contribution in [3.05, 3.63) is 24.7 Å². The Kier molecular flexibility index (Phi) is 2.40. The molecule has 0 aliphatic heterocycles. The summed E-state index contributed by atoms with van der Waals surface area (Å²) < 4.78 is 1.76. The van der Waals surface area contributed by atoms with Gasteiger partial charge in [-0.2, -0.15) is 5.10 Å². The van der Waals surface area contributed by atoms with E-state index in [-0.39, 0.29) is 0 Å². The Morgan fingerprint density at radius 3 is 2.82 bits per heavy atom. The molecular formula is C11H14N6. The van der Waals surface area contributed by atoms with Gasteiger partial charge in [0, 0.05) is 25.2 Å². The van der Waals surface area contributed by atoms with Gasteiger partial charge < -0.3 is 10.6 Å². The van der Waals surface area contributed by atoms with Gasteiger partial charge in [0.25, 0.3) is 0 Å². The van der Waals surface area contributed by atoms with Crippen LogP contribution in [-0.4, -0.2) is 25.8 Å². The second-order valence-electron chi connectivity index (χ2n) is 4.17. The number of hydrogen-bond acceptors (Lipinski definition) is 5. The molecule has 1 saturated carbocycles. The Labute approximate surface area is 99.1 Å². The van der Waals surface area contributed by atoms with Crippen LogP contribution in [0.3, 0.4) is 0 Å². The molecule has 0 spiro atoms. The van der Waals surface area contributed by atoms with Crippen LogP contribution in [0.15, 0.2) is 24.7 Å². The molecule has 2 heterocycles. The van der Waals surface area contributed by atoms with Crippen molar-refractivity contribution in [1.82, 2.24) is 19.7 Å². The summed E-state index contributed by atoms with van der Waals surface area (Å²) >= 11 is 0. The van der Waals surface area contributed by atoms with Gasteiger partial charge >= 0.3 is 0 Å². The zero-order valence-corrected chi connectivity index (χ0v) is 9.59. The van der Waals surface area contributed by atoms with Crippen molar-refractivity contribution < 1.29 is 0 Å². The molecule has 2 N–H and O–H groups in total. The minimum Gasteiger partial charge on any atom is -0.367 e. The first-order chi connectivity index (χ1) is 8.31. The third kappa shape index (κ3) is 2.35. The zero-order valence-electron chi connectivity index (χ0n) is 9.59. The molecule has 0 bridgehead atoms. The summed E-state index contributed by atoms with van der Waals surface area (Å²) in [5.74, 6) is 2.54. The standard InChI is InChI=1S/C11H14N6/c1-17-11(4-5-14-17)16-10-6-9(12-7-13-10)15-8-2-3-8/h4-8H,2-3H2,1H3,(H2,12,13,15,16). The molecule has 2 aromatic heterocycles. The molecule has 6 nitrogen and oxygen atoms in total. The molecular weight excluding hydrogens is 216 g/mol. The smallest absolute Gasteiger partial charge is 0.137 e. The maximum Gasteiger partial charge on any atom is 0.137 e. The molecule has 0 amide bonds. The molecule has 3 rings (SSSR count). The van der Waals surface area contributed by atoms with Crippen LogP contribution in [0.4, 0.5) is 17.5 Å². The molecule has 0 radical (unpaired) electrons. The summed E-state index contributed by atoms with van der Waals surface area (Å²) in [7, 11) is 1.88. The average molecular weight is 230 g/mol. The van der Waals surface area contributed by atoms with Crippen LogP contribution in [-0.2, 0) is 7.05 Å². The third-order valence-corrected chi connectivity index (χ3v) is 2.67. The largest absolute Gasteiger partial charge is 0.367 e. The van der Waals surface area contributed by atoms with Gasteiger partial charge in [0.2, 0.25) is 0 Å². The molecule has 0 saturated heterocycles. The summed E-state index contributed by atoms with van der Waals surface area (Å²) in [6.45, 7) is 0. The van der Waals surface area contributed by atoms with E-state index in [1.54, 1.807) is 17.2 Å². The summed E-state index contributed by atoms with van der Waals surface area (Å²) in [5, 5.41) is 10.6. The third-order valence-electron chi connectivity index (χ3n) is 2.67. The second-order valence-corrected chi connectivity index (χ2v) is 4.17. The van der Waals surface area contributed by atoms with E-state index in [9.17, 15) is 0 Å². The fourth-order valence-corrected chi connectivity index (χ4v) is 1.57. The molecule has 2 aromatic rings. The fraction of sp³-hybridized carbons (Fsp3) is 0.364. The van der Waals surface area contributed by atoms with E-state index in [1.165, 1.54) is 12.8 Å². The first-order valence-electron chi connectivity index (χ1n) is 5.65. The van der Waals surface area contributed by atoms with Gasteiger partial charge in [-0.3, -0.25) is 4.68 Å². The van der Waals surface area contributed by atoms with Crippen LogP contribution < -0.4 is 10.6 Å². The predicted molar refractivity (Wildman–Crippen MR) is 65.2 cm³/mol. The van der Waals surface area contributed by atoms with Crippen molar-refractivity contribution in [2.75, 3.05) is 10.6 Å². The van der Waals surface area contributed by atoms with Gasteiger partial charge in [0.05, 0.1) is 6.20 Å². The lowest BCUT2D eigenvalue weighted by atomic mass is 10.5. The first kappa shape index (κ1) is 10.1. The van der Waals surface area contributed by atoms with E-state index < -0.39 is 0 Å². The van der Waals surface area contributed by atoms with Crippen molar-refractivity contribution in [2.45, 2.75) is 18.9 Å². The zero-order chi connectivity index (χ0) is 11.7. The molecule has 88 valence electrons. The average Bonchev–Trinajstić information content (AvgIpc) is 3.04. The van der Waals surface area contributed by atoms with E-state index in [0.717, 1.165) is 17.5 Å². The van der Waals surface area contributed by atoms with Crippen LogP contribution in [0.5, 0.6) is 0 Å². The molecule has 1 aliphatic rings. The highest BCUT2D eigenvalue weighted by atomic mass is 15.3. The first-order valence-corrected chi connectivity index (χ1v) is 5.65. The Morgan fingerprint density at radius 2 is 2.12 bits per heavy atom. The normalized spacial score (nSPS) is 14.6. The number of hydrogen-bond donors (Lipinski definition) is 2. The Morgan fingerprint density at radius 1 is 1.29 bits per heavy atom. The highest BCUT2D eigenvalue weighted by molar-refractivity contribution is 5.55. The lowest BCUT2D eigenvalue weighted by molar-refractivity contribution is 0.776. The number of aromatic nitrogens is 4. The van der Waals surface area contributed by atoms with Crippen molar-refractivity contribution in [3.63, 3.8) is 0 Å². The number of anilines is 3. The number of rotatable bonds is 4. The fourth-order valence-electron chi connectivity index (χ4n) is 1.57. The minimum atomic E-state index is 0.592. The van der Waals surface area contributed by atoms with E-state index in [4.69, 9.17) is 0 Å². The highest BCUT2D eigenvalue weighted by Crippen LogP contribution is 2.24. The van der Waals surface area contributed by atoms with Crippen molar-refractivity contribution in [3.8, 4) is 0 Å². The molecule has 0 aromatic carbocycles. The van der Waals surface area contributed by atoms with Gasteiger partial charge in [0.15, 0.2) is 0 Å². The number of nitrogens with zero attached hydrogens (tertiary/aromatic N) is 4. The molecule has 1 fully saturated rings. The van der Waals surface area contributed by atoms with Crippen molar-refractivity contribution >= 4 is 17.5 Å². The second kappa shape index (κ2) is 4.04. The van der Waals surface area contributed by atoms with Crippen LogP contribution >= 0.6 is 0 Å². The topological polar surface area (TPSA) is 67.7 Å². The van der Waals surface area contributed by atoms with E-state index in [0.29, 0.717) is 6.04 Å². The Balaban J connectivity index is 1.75. The Bertz CT molecular complexity index is 516. The lowest BCUT2D eigenvalue weighted by Gasteiger charge is -2.07. The lowest BCUT2D eigenvalue weighted by Crippen LogP contribution is -2.05. The molecule has 6 heteroatoms. The monoisotopic (exact) mass is 230 g/mol. The molecule has 0 unspecified atom stereocenters. The summed E-state index contributed by atoms with van der Waals surface area (Å²) in [4.78, 5) is 8.37. The van der Waals surface area contributed by atoms with Crippen LogP contribution in [0, 0.1) is 0 Å². The number of nitrogens with one attached hydrogen (secondary N) is 2. The quantitative estimate of drug-likeness (QED) is 0.833. The van der Waals surface area contributed by atoms with Gasteiger partial charge in [-0.05, 0) is 12.8 Å². The highest BCUT2D eigenvalue weighted by Gasteiger charge is 2.21. The Hall–Kier alpha value is -2.11. The summed E-state index contributed by atoms with van der Waals surface area (Å²) in [5.41, 5.74) is 0. The van der Waals surface area contributed by atoms with Crippen molar-refractivity contribution in [2.24, 2.45) is 7.05 Å². The van der Waals surface area contributed by atoms with E-state index >= 15 is 0 Å². The van der Waals surface area contributed by atoms with E-state index in [1.807, 2.05) is 19.2 Å². The SMILES string of the molecule is Cn1nccc1Nc1cc(NC2CC2)ncn1. The van der Waals surface area contributed by atoms with Crippen LogP contribution in [0.1, 0.15) is 12.8 Å². The molecule has 17 heavy (non-hydrogen) atoms. The molecule has 0 atom stereocenters. The number of aryl methyl sites for hydroxylation is 1. The summed E-state index contributed by atoms with van der Waals surface area (Å²) in [6.07, 6.45) is 5.76. The van der Waals surface area contributed by atoms with Gasteiger partial charge in [-0.1, -0.05) is 0 Å². The maximum atomic E-state index is 4.19. The molecule has 1 aliphatic carbocycles. The van der Waals surface area contributed by atoms with Crippen LogP contribution in [0.25, 0.3) is 0 Å². The van der Waals surface area contributed by atoms with Gasteiger partial charge in [0.1, 0.15) is 23.8 Å². The van der Waals surface area contributed by atoms with Crippen LogP contribution in [0.2, 0.25) is 0 Å². The summed E-state index contributed by atoms with van der Waals surface area (Å²) in [6, 6.07) is 4.40.